The molecule has 1 aromatic rings. The van der Waals surface area contributed by atoms with E-state index in [-0.39, 0.29) is 0 Å². The first-order chi connectivity index (χ1) is 10.5. The van der Waals surface area contributed by atoms with Crippen LogP contribution in [0.2, 0.25) is 0 Å². The first-order valence-corrected chi connectivity index (χ1v) is 9.61. The Morgan fingerprint density at radius 3 is 2.05 bits per heavy atom. The molecular formula is C22H34. The average molecular weight is 299 g/mol. The fourth-order valence-corrected chi connectivity index (χ4v) is 4.96. The minimum atomic E-state index is 0.829. The summed E-state index contributed by atoms with van der Waals surface area (Å²) in [5.41, 5.74) is 4.50. The number of rotatable bonds is 2. The minimum absolute atomic E-state index is 0.829. The predicted octanol–water partition coefficient (Wildman–Crippen LogP) is 6.65. The van der Waals surface area contributed by atoms with Crippen molar-refractivity contribution in [3.8, 4) is 0 Å². The Labute approximate surface area is 137 Å². The third kappa shape index (κ3) is 3.42. The van der Waals surface area contributed by atoms with Crippen LogP contribution in [0.1, 0.15) is 81.4 Å². The molecule has 0 heterocycles. The van der Waals surface area contributed by atoms with Crippen LogP contribution in [0.25, 0.3) is 0 Å². The number of aryl methyl sites for hydroxylation is 2. The van der Waals surface area contributed by atoms with Crippen molar-refractivity contribution in [2.24, 2.45) is 23.7 Å². The zero-order valence-electron chi connectivity index (χ0n) is 15.1. The third-order valence-electron chi connectivity index (χ3n) is 7.08. The minimum Gasteiger partial charge on any atom is -0.0623 e. The van der Waals surface area contributed by atoms with E-state index < -0.39 is 0 Å². The van der Waals surface area contributed by atoms with Gasteiger partial charge in [-0.3, -0.25) is 0 Å². The van der Waals surface area contributed by atoms with Gasteiger partial charge in [-0.15, -0.1) is 0 Å². The van der Waals surface area contributed by atoms with Crippen molar-refractivity contribution in [1.82, 2.24) is 0 Å². The summed E-state index contributed by atoms with van der Waals surface area (Å²) in [7, 11) is 0. The molecule has 22 heavy (non-hydrogen) atoms. The Balaban J connectivity index is 1.57. The third-order valence-corrected chi connectivity index (χ3v) is 7.08. The zero-order valence-corrected chi connectivity index (χ0v) is 15.1. The summed E-state index contributed by atoms with van der Waals surface area (Å²) in [5.74, 6) is 4.81. The quantitative estimate of drug-likeness (QED) is 0.573. The molecule has 2 aliphatic carbocycles. The van der Waals surface area contributed by atoms with Gasteiger partial charge >= 0.3 is 0 Å². The van der Waals surface area contributed by atoms with Gasteiger partial charge in [-0.25, -0.2) is 0 Å². The van der Waals surface area contributed by atoms with Crippen molar-refractivity contribution in [2.45, 2.75) is 78.6 Å². The Kier molecular flexibility index (Phi) is 4.95. The predicted molar refractivity (Wildman–Crippen MR) is 96.3 cm³/mol. The molecule has 0 amide bonds. The second-order valence-electron chi connectivity index (χ2n) is 8.48. The van der Waals surface area contributed by atoms with Crippen LogP contribution < -0.4 is 0 Å². The van der Waals surface area contributed by atoms with Crippen LogP contribution in [0.4, 0.5) is 0 Å². The van der Waals surface area contributed by atoms with Crippen LogP contribution in [0, 0.1) is 37.5 Å². The van der Waals surface area contributed by atoms with E-state index in [9.17, 15) is 0 Å². The van der Waals surface area contributed by atoms with E-state index in [0.29, 0.717) is 0 Å². The molecule has 0 aromatic heterocycles. The molecule has 0 spiro atoms. The van der Waals surface area contributed by atoms with Crippen LogP contribution in [0.5, 0.6) is 0 Å². The number of hydrogen-bond donors (Lipinski definition) is 0. The molecule has 3 atom stereocenters. The molecule has 0 N–H and O–H groups in total. The highest BCUT2D eigenvalue weighted by atomic mass is 14.4. The van der Waals surface area contributed by atoms with Crippen molar-refractivity contribution in [2.75, 3.05) is 0 Å². The van der Waals surface area contributed by atoms with Gasteiger partial charge in [-0.2, -0.15) is 0 Å². The number of hydrogen-bond acceptors (Lipinski definition) is 0. The SMILES string of the molecule is Cc1ccc(C2CCC(C3CCC(C)C(C)C3)CC2)cc1C. The molecular weight excluding hydrogens is 264 g/mol. The van der Waals surface area contributed by atoms with Gasteiger partial charge in [0.25, 0.3) is 0 Å². The first kappa shape index (κ1) is 16.1. The van der Waals surface area contributed by atoms with E-state index in [0.717, 1.165) is 29.6 Å². The second kappa shape index (κ2) is 6.77. The highest BCUT2D eigenvalue weighted by Crippen LogP contribution is 2.45. The maximum Gasteiger partial charge on any atom is -0.0162 e. The molecule has 0 radical (unpaired) electrons. The van der Waals surface area contributed by atoms with Gasteiger partial charge in [0.15, 0.2) is 0 Å². The van der Waals surface area contributed by atoms with E-state index in [1.807, 2.05) is 0 Å². The highest BCUT2D eigenvalue weighted by molar-refractivity contribution is 5.32. The summed E-state index contributed by atoms with van der Waals surface area (Å²) >= 11 is 0. The molecule has 3 rings (SSSR count). The Hall–Kier alpha value is -0.780. The molecule has 0 aliphatic heterocycles. The van der Waals surface area contributed by atoms with Gasteiger partial charge in [0.2, 0.25) is 0 Å². The second-order valence-corrected chi connectivity index (χ2v) is 8.48. The van der Waals surface area contributed by atoms with E-state index in [1.165, 1.54) is 56.1 Å². The number of benzene rings is 1. The normalized spacial score (nSPS) is 36.3. The molecule has 2 saturated carbocycles. The molecule has 2 aliphatic rings. The smallest absolute Gasteiger partial charge is 0.0162 e. The van der Waals surface area contributed by atoms with Gasteiger partial charge in [0.05, 0.1) is 0 Å². The molecule has 3 unspecified atom stereocenters. The van der Waals surface area contributed by atoms with Crippen LogP contribution in [-0.2, 0) is 0 Å². The largest absolute Gasteiger partial charge is 0.0623 e. The first-order valence-electron chi connectivity index (χ1n) is 9.61. The van der Waals surface area contributed by atoms with Crippen LogP contribution >= 0.6 is 0 Å². The zero-order chi connectivity index (χ0) is 15.7. The van der Waals surface area contributed by atoms with Crippen LogP contribution in [0.3, 0.4) is 0 Å². The maximum absolute atomic E-state index is 2.48. The van der Waals surface area contributed by atoms with Crippen molar-refractivity contribution in [3.05, 3.63) is 34.9 Å². The maximum atomic E-state index is 2.48. The molecule has 1 aromatic carbocycles. The standard InChI is InChI=1S/C22H34/c1-15-5-7-21(13-17(15)3)19-9-11-20(12-10-19)22-8-6-16(2)18(4)14-22/h5,7,13,16,18-20,22H,6,8-12,14H2,1-4H3. The molecule has 0 nitrogen and oxygen atoms in total. The van der Waals surface area contributed by atoms with E-state index in [1.54, 1.807) is 5.56 Å². The van der Waals surface area contributed by atoms with Crippen LogP contribution in [0.15, 0.2) is 18.2 Å². The topological polar surface area (TPSA) is 0 Å². The van der Waals surface area contributed by atoms with E-state index >= 15 is 0 Å². The monoisotopic (exact) mass is 298 g/mol. The summed E-state index contributed by atoms with van der Waals surface area (Å²) in [4.78, 5) is 0. The summed E-state index contributed by atoms with van der Waals surface area (Å²) in [6.45, 7) is 9.42. The Morgan fingerprint density at radius 2 is 1.41 bits per heavy atom. The van der Waals surface area contributed by atoms with Gasteiger partial charge in [0.1, 0.15) is 0 Å². The lowest BCUT2D eigenvalue weighted by molar-refractivity contribution is 0.126. The molecule has 0 heteroatoms. The lowest BCUT2D eigenvalue weighted by Crippen LogP contribution is -2.28. The fourth-order valence-electron chi connectivity index (χ4n) is 4.96. The van der Waals surface area contributed by atoms with E-state index in [4.69, 9.17) is 0 Å². The van der Waals surface area contributed by atoms with Crippen molar-refractivity contribution >= 4 is 0 Å². The fraction of sp³-hybridized carbons (Fsp3) is 0.727. The van der Waals surface area contributed by atoms with Gasteiger partial charge in [-0.05, 0) is 98.7 Å². The summed E-state index contributed by atoms with van der Waals surface area (Å²) in [5, 5.41) is 0. The van der Waals surface area contributed by atoms with Crippen molar-refractivity contribution in [1.29, 1.82) is 0 Å². The molecule has 122 valence electrons. The summed E-state index contributed by atoms with van der Waals surface area (Å²) < 4.78 is 0. The van der Waals surface area contributed by atoms with Crippen molar-refractivity contribution < 1.29 is 0 Å². The van der Waals surface area contributed by atoms with E-state index in [2.05, 4.69) is 45.9 Å². The van der Waals surface area contributed by atoms with Gasteiger partial charge < -0.3 is 0 Å². The Morgan fingerprint density at radius 1 is 0.727 bits per heavy atom. The lowest BCUT2D eigenvalue weighted by Gasteiger charge is -2.40. The van der Waals surface area contributed by atoms with Crippen molar-refractivity contribution in [3.63, 3.8) is 0 Å². The molecule has 0 saturated heterocycles. The lowest BCUT2D eigenvalue weighted by atomic mass is 9.66. The summed E-state index contributed by atoms with van der Waals surface area (Å²) in [6, 6.07) is 7.16. The Bertz CT molecular complexity index is 493. The van der Waals surface area contributed by atoms with Gasteiger partial charge in [0, 0.05) is 0 Å². The molecule has 0 bridgehead atoms. The van der Waals surface area contributed by atoms with Crippen LogP contribution in [-0.4, -0.2) is 0 Å². The van der Waals surface area contributed by atoms with Gasteiger partial charge in [-0.1, -0.05) is 38.5 Å². The highest BCUT2D eigenvalue weighted by Gasteiger charge is 2.32. The average Bonchev–Trinajstić information content (AvgIpc) is 2.53. The summed E-state index contributed by atoms with van der Waals surface area (Å²) in [6.07, 6.45) is 10.3. The molecule has 2 fully saturated rings.